The lowest BCUT2D eigenvalue weighted by atomic mass is 10.0. The van der Waals surface area contributed by atoms with Crippen molar-refractivity contribution in [3.05, 3.63) is 108 Å². The molecule has 40 heavy (non-hydrogen) atoms. The summed E-state index contributed by atoms with van der Waals surface area (Å²) < 4.78 is 30.4. The van der Waals surface area contributed by atoms with Crippen molar-refractivity contribution in [2.45, 2.75) is 18.0 Å². The van der Waals surface area contributed by atoms with Gasteiger partial charge in [-0.2, -0.15) is 0 Å². The number of fused-ring (bicyclic) bond motifs is 2. The van der Waals surface area contributed by atoms with Gasteiger partial charge in [-0.25, -0.2) is 18.1 Å². The van der Waals surface area contributed by atoms with Crippen molar-refractivity contribution in [2.75, 3.05) is 24.3 Å². The lowest BCUT2D eigenvalue weighted by molar-refractivity contribution is 0.0965. The Hall–Kier alpha value is -4.67. The number of anilines is 3. The first-order valence-corrected chi connectivity index (χ1v) is 14.3. The van der Waals surface area contributed by atoms with Gasteiger partial charge in [-0.15, -0.1) is 0 Å². The van der Waals surface area contributed by atoms with E-state index in [0.29, 0.717) is 12.1 Å². The molecule has 5 aromatic rings. The van der Waals surface area contributed by atoms with E-state index in [2.05, 4.69) is 20.3 Å². The predicted molar refractivity (Wildman–Crippen MR) is 156 cm³/mol. The van der Waals surface area contributed by atoms with Gasteiger partial charge in [0.05, 0.1) is 16.3 Å². The Balaban J connectivity index is 1.18. The maximum atomic E-state index is 12.9. The zero-order chi connectivity index (χ0) is 27.9. The molecule has 202 valence electrons. The van der Waals surface area contributed by atoms with Crippen LogP contribution in [-0.4, -0.2) is 37.8 Å². The summed E-state index contributed by atoms with van der Waals surface area (Å²) in [6.07, 6.45) is 3.62. The quantitative estimate of drug-likeness (QED) is 0.261. The Morgan fingerprint density at radius 3 is 2.50 bits per heavy atom. The molecular weight excluding hydrogens is 524 g/mol. The van der Waals surface area contributed by atoms with E-state index < -0.39 is 10.0 Å². The van der Waals surface area contributed by atoms with Crippen molar-refractivity contribution < 1.29 is 13.2 Å². The zero-order valence-electron chi connectivity index (χ0n) is 22.0. The summed E-state index contributed by atoms with van der Waals surface area (Å²) in [6.45, 7) is 0.733. The van der Waals surface area contributed by atoms with Crippen molar-refractivity contribution >= 4 is 38.6 Å². The van der Waals surface area contributed by atoms with Gasteiger partial charge in [0.1, 0.15) is 0 Å². The maximum Gasteiger partial charge on any atom is 0.251 e. The van der Waals surface area contributed by atoms with Crippen molar-refractivity contribution in [3.63, 3.8) is 0 Å². The molecule has 0 bridgehead atoms. The summed E-state index contributed by atoms with van der Waals surface area (Å²) in [5.41, 5.74) is 7.79. The molecule has 0 saturated carbocycles. The number of benzene rings is 3. The molecule has 1 aliphatic heterocycles. The van der Waals surface area contributed by atoms with Crippen LogP contribution < -0.4 is 20.3 Å². The van der Waals surface area contributed by atoms with Gasteiger partial charge >= 0.3 is 0 Å². The van der Waals surface area contributed by atoms with E-state index in [0.717, 1.165) is 45.1 Å². The van der Waals surface area contributed by atoms with Crippen molar-refractivity contribution in [2.24, 2.45) is 0 Å². The highest BCUT2D eigenvalue weighted by Crippen LogP contribution is 2.30. The SMILES string of the molecule is CN(C)c1ccc(CNS(=O)(=O)c2ccc(Nc3ccc(-c4ccc5c(c4)CNC5=O)n4ccnc34)cc2)cc1. The van der Waals surface area contributed by atoms with E-state index >= 15 is 0 Å². The van der Waals surface area contributed by atoms with E-state index in [-0.39, 0.29) is 17.3 Å². The molecule has 1 amide bonds. The summed E-state index contributed by atoms with van der Waals surface area (Å²) in [5, 5.41) is 6.21. The highest BCUT2D eigenvalue weighted by atomic mass is 32.2. The van der Waals surface area contributed by atoms with Gasteiger partial charge in [-0.1, -0.05) is 18.2 Å². The van der Waals surface area contributed by atoms with Crippen LogP contribution in [0.3, 0.4) is 0 Å². The number of carbonyl (C=O) groups is 1. The Morgan fingerprint density at radius 2 is 1.75 bits per heavy atom. The predicted octanol–water partition coefficient (Wildman–Crippen LogP) is 4.53. The molecule has 0 atom stereocenters. The smallest absolute Gasteiger partial charge is 0.251 e. The van der Waals surface area contributed by atoms with Crippen LogP contribution in [0.5, 0.6) is 0 Å². The molecule has 6 rings (SSSR count). The van der Waals surface area contributed by atoms with Crippen LogP contribution >= 0.6 is 0 Å². The topological polar surface area (TPSA) is 108 Å². The molecule has 9 nitrogen and oxygen atoms in total. The third-order valence-electron chi connectivity index (χ3n) is 7.00. The van der Waals surface area contributed by atoms with E-state index in [1.807, 2.05) is 84.2 Å². The van der Waals surface area contributed by atoms with Crippen LogP contribution in [0.2, 0.25) is 0 Å². The largest absolute Gasteiger partial charge is 0.378 e. The lowest BCUT2D eigenvalue weighted by Gasteiger charge is -2.14. The van der Waals surface area contributed by atoms with Gasteiger partial charge in [0, 0.05) is 56.5 Å². The fourth-order valence-electron chi connectivity index (χ4n) is 4.79. The molecule has 0 radical (unpaired) electrons. The van der Waals surface area contributed by atoms with Gasteiger partial charge in [-0.05, 0) is 77.4 Å². The van der Waals surface area contributed by atoms with Gasteiger partial charge in [0.25, 0.3) is 5.91 Å². The third-order valence-corrected chi connectivity index (χ3v) is 8.41. The Bertz CT molecular complexity index is 1830. The number of imidazole rings is 1. The Labute approximate surface area is 232 Å². The number of aromatic nitrogens is 2. The van der Waals surface area contributed by atoms with Crippen molar-refractivity contribution in [1.29, 1.82) is 0 Å². The highest BCUT2D eigenvalue weighted by molar-refractivity contribution is 7.89. The second-order valence-corrected chi connectivity index (χ2v) is 11.6. The first-order chi connectivity index (χ1) is 19.3. The van der Waals surface area contributed by atoms with Crippen molar-refractivity contribution in [1.82, 2.24) is 19.4 Å². The minimum absolute atomic E-state index is 0.0432. The summed E-state index contributed by atoms with van der Waals surface area (Å²) >= 11 is 0. The lowest BCUT2D eigenvalue weighted by Crippen LogP contribution is -2.23. The summed E-state index contributed by atoms with van der Waals surface area (Å²) in [4.78, 5) is 18.6. The van der Waals surface area contributed by atoms with Gasteiger partial charge < -0.3 is 15.5 Å². The average molecular weight is 553 g/mol. The maximum absolute atomic E-state index is 12.9. The Morgan fingerprint density at radius 1 is 0.975 bits per heavy atom. The molecule has 1 aliphatic rings. The van der Waals surface area contributed by atoms with Gasteiger partial charge in [-0.3, -0.25) is 9.20 Å². The van der Waals surface area contributed by atoms with Crippen LogP contribution in [0.1, 0.15) is 21.5 Å². The number of pyridine rings is 1. The number of hydrogen-bond donors (Lipinski definition) is 3. The average Bonchev–Trinajstić information content (AvgIpc) is 3.60. The van der Waals surface area contributed by atoms with E-state index in [4.69, 9.17) is 0 Å². The summed E-state index contributed by atoms with van der Waals surface area (Å²) in [6, 6.07) is 24.1. The van der Waals surface area contributed by atoms with Crippen LogP contribution in [0.4, 0.5) is 17.1 Å². The third kappa shape index (κ3) is 4.90. The number of hydrogen-bond acceptors (Lipinski definition) is 6. The number of sulfonamides is 1. The highest BCUT2D eigenvalue weighted by Gasteiger charge is 2.20. The number of nitrogens with one attached hydrogen (secondary N) is 3. The second kappa shape index (κ2) is 10.1. The minimum atomic E-state index is -3.67. The van der Waals surface area contributed by atoms with E-state index in [1.165, 1.54) is 0 Å². The molecule has 3 N–H and O–H groups in total. The Kier molecular flexibility index (Phi) is 6.49. The van der Waals surface area contributed by atoms with Crippen molar-refractivity contribution in [3.8, 4) is 11.3 Å². The molecule has 2 aromatic heterocycles. The van der Waals surface area contributed by atoms with Gasteiger partial charge in [0.15, 0.2) is 5.65 Å². The fraction of sp³-hybridized carbons (Fsp3) is 0.133. The molecule has 0 spiro atoms. The second-order valence-electron chi connectivity index (χ2n) is 9.84. The number of nitrogens with zero attached hydrogens (tertiary/aromatic N) is 3. The van der Waals surface area contributed by atoms with E-state index in [9.17, 15) is 13.2 Å². The molecule has 0 saturated heterocycles. The molecule has 10 heteroatoms. The number of carbonyl (C=O) groups excluding carboxylic acids is 1. The van der Waals surface area contributed by atoms with E-state index in [1.54, 1.807) is 30.5 Å². The molecule has 3 heterocycles. The monoisotopic (exact) mass is 552 g/mol. The zero-order valence-corrected chi connectivity index (χ0v) is 22.9. The van der Waals surface area contributed by atoms with Crippen LogP contribution in [-0.2, 0) is 23.1 Å². The van der Waals surface area contributed by atoms with Crippen LogP contribution in [0, 0.1) is 0 Å². The first kappa shape index (κ1) is 25.6. The molecular formula is C30H28N6O3S. The van der Waals surface area contributed by atoms with Gasteiger partial charge in [0.2, 0.25) is 10.0 Å². The van der Waals surface area contributed by atoms with Crippen LogP contribution in [0.25, 0.3) is 16.9 Å². The minimum Gasteiger partial charge on any atom is -0.378 e. The molecule has 0 aliphatic carbocycles. The number of rotatable bonds is 8. The van der Waals surface area contributed by atoms with Crippen LogP contribution in [0.15, 0.2) is 96.2 Å². The summed E-state index contributed by atoms with van der Waals surface area (Å²) in [5.74, 6) is -0.0432. The number of amides is 1. The summed E-state index contributed by atoms with van der Waals surface area (Å²) in [7, 11) is 0.245. The molecule has 0 unspecified atom stereocenters. The molecule has 3 aromatic carbocycles. The first-order valence-electron chi connectivity index (χ1n) is 12.8. The normalized spacial score (nSPS) is 12.8. The molecule has 0 fully saturated rings. The standard InChI is InChI=1S/C30H28N6O3S/c1-35(2)24-8-3-20(4-9-24)18-33-40(38,39)25-10-6-23(7-11-25)34-27-13-14-28(36-16-15-31-29(27)36)21-5-12-26-22(17-21)19-32-30(26)37/h3-17,33-34H,18-19H2,1-2H3,(H,32,37). The fourth-order valence-corrected chi connectivity index (χ4v) is 5.80.